The van der Waals surface area contributed by atoms with Gasteiger partial charge < -0.3 is 19.2 Å². The first-order valence-electron chi connectivity index (χ1n) is 8.37. The maximum atomic E-state index is 10.6. The molecule has 0 amide bonds. The Morgan fingerprint density at radius 1 is 1.16 bits per heavy atom. The minimum atomic E-state index is -0.837. The first-order chi connectivity index (χ1) is 12.3. The molecule has 0 radical (unpaired) electrons. The first-order valence-corrected chi connectivity index (χ1v) is 9.32. The second-order valence-corrected chi connectivity index (χ2v) is 6.80. The van der Waals surface area contributed by atoms with E-state index in [4.69, 9.17) is 9.15 Å². The lowest BCUT2D eigenvalue weighted by atomic mass is 10.1. The summed E-state index contributed by atoms with van der Waals surface area (Å²) >= 11 is 1.55. The summed E-state index contributed by atoms with van der Waals surface area (Å²) in [5.41, 5.74) is 2.84. The molecule has 0 spiro atoms. The maximum absolute atomic E-state index is 10.6. The minimum Gasteiger partial charge on any atom is -0.422 e. The molecule has 0 bridgehead atoms. The predicted octanol–water partition coefficient (Wildman–Crippen LogP) is 3.25. The average Bonchev–Trinajstić information content (AvgIpc) is 3.33. The molecule has 5 nitrogen and oxygen atoms in total. The third kappa shape index (κ3) is 3.61. The average molecular weight is 356 g/mol. The molecule has 1 aromatic carbocycles. The minimum absolute atomic E-state index is 0.353. The van der Waals surface area contributed by atoms with Crippen LogP contribution in [0, 0.1) is 0 Å². The van der Waals surface area contributed by atoms with Gasteiger partial charge in [-0.15, -0.1) is 0 Å². The van der Waals surface area contributed by atoms with Crippen LogP contribution in [0.25, 0.3) is 0 Å². The van der Waals surface area contributed by atoms with Crippen LogP contribution in [-0.4, -0.2) is 36.4 Å². The quantitative estimate of drug-likeness (QED) is 0.760. The summed E-state index contributed by atoms with van der Waals surface area (Å²) in [6.07, 6.45) is -0.163. The Hall–Kier alpha value is -2.15. The number of anilines is 1. The van der Waals surface area contributed by atoms with Crippen molar-refractivity contribution in [1.82, 2.24) is 4.98 Å². The van der Waals surface area contributed by atoms with Crippen molar-refractivity contribution in [3.8, 4) is 0 Å². The second-order valence-electron chi connectivity index (χ2n) is 6.02. The van der Waals surface area contributed by atoms with Crippen molar-refractivity contribution in [3.63, 3.8) is 0 Å². The zero-order valence-corrected chi connectivity index (χ0v) is 14.6. The number of aromatic nitrogens is 1. The molecular formula is C19H20N2O3S. The van der Waals surface area contributed by atoms with Crippen molar-refractivity contribution in [3.05, 3.63) is 69.9 Å². The van der Waals surface area contributed by atoms with Crippen molar-refractivity contribution in [1.29, 1.82) is 0 Å². The van der Waals surface area contributed by atoms with E-state index in [1.54, 1.807) is 11.3 Å². The fourth-order valence-corrected chi connectivity index (χ4v) is 3.65. The van der Waals surface area contributed by atoms with E-state index in [1.165, 1.54) is 5.56 Å². The van der Waals surface area contributed by atoms with Crippen molar-refractivity contribution >= 4 is 17.2 Å². The summed E-state index contributed by atoms with van der Waals surface area (Å²) in [5.74, 6) is 1.10. The molecule has 1 aliphatic heterocycles. The van der Waals surface area contributed by atoms with Gasteiger partial charge >= 0.3 is 0 Å². The maximum Gasteiger partial charge on any atom is 0.230 e. The molecule has 25 heavy (non-hydrogen) atoms. The number of morpholine rings is 1. The van der Waals surface area contributed by atoms with Crippen LogP contribution in [0.4, 0.5) is 5.88 Å². The molecule has 1 aliphatic rings. The number of rotatable bonds is 5. The first kappa shape index (κ1) is 16.3. The van der Waals surface area contributed by atoms with Gasteiger partial charge in [0.25, 0.3) is 0 Å². The summed E-state index contributed by atoms with van der Waals surface area (Å²) in [7, 11) is 0. The summed E-state index contributed by atoms with van der Waals surface area (Å²) in [6.45, 7) is 2.89. The molecule has 3 aromatic rings. The van der Waals surface area contributed by atoms with Crippen LogP contribution in [-0.2, 0) is 11.2 Å². The van der Waals surface area contributed by atoms with Crippen LogP contribution in [0.5, 0.6) is 0 Å². The van der Waals surface area contributed by atoms with Gasteiger partial charge in [0.15, 0.2) is 6.10 Å². The third-order valence-corrected chi connectivity index (χ3v) is 5.00. The standard InChI is InChI=1S/C19H20N2O3S/c22-17(15-6-11-25-13-15)18-20-16(12-14-4-2-1-3-5-14)19(24-18)21-7-9-23-10-8-21/h1-6,11,13,17,22H,7-10,12H2/t17-/m0/s1. The predicted molar refractivity (Wildman–Crippen MR) is 97.2 cm³/mol. The van der Waals surface area contributed by atoms with Crippen LogP contribution >= 0.6 is 11.3 Å². The van der Waals surface area contributed by atoms with Crippen molar-refractivity contribution in [2.75, 3.05) is 31.2 Å². The highest BCUT2D eigenvalue weighted by Crippen LogP contribution is 2.31. The van der Waals surface area contributed by atoms with E-state index < -0.39 is 6.10 Å². The molecule has 0 unspecified atom stereocenters. The lowest BCUT2D eigenvalue weighted by molar-refractivity contribution is 0.119. The largest absolute Gasteiger partial charge is 0.422 e. The Morgan fingerprint density at radius 2 is 1.96 bits per heavy atom. The summed E-state index contributed by atoms with van der Waals surface area (Å²) < 4.78 is 11.5. The highest BCUT2D eigenvalue weighted by atomic mass is 32.1. The molecule has 4 rings (SSSR count). The Bertz CT molecular complexity index is 795. The van der Waals surface area contributed by atoms with Crippen LogP contribution in [0.2, 0.25) is 0 Å². The number of hydrogen-bond acceptors (Lipinski definition) is 6. The molecular weight excluding hydrogens is 336 g/mol. The molecule has 1 atom stereocenters. The van der Waals surface area contributed by atoms with Gasteiger partial charge in [-0.05, 0) is 22.4 Å². The third-order valence-electron chi connectivity index (χ3n) is 4.30. The Morgan fingerprint density at radius 3 is 2.68 bits per heavy atom. The number of aliphatic hydroxyl groups is 1. The van der Waals surface area contributed by atoms with Crippen molar-refractivity contribution < 1.29 is 14.3 Å². The summed E-state index contributed by atoms with van der Waals surface area (Å²) in [6, 6.07) is 12.1. The molecule has 3 heterocycles. The molecule has 0 saturated carbocycles. The SMILES string of the molecule is O[C@@H](c1ccsc1)c1nc(Cc2ccccc2)c(N2CCOCC2)o1. The monoisotopic (exact) mass is 356 g/mol. The van der Waals surface area contributed by atoms with E-state index in [-0.39, 0.29) is 0 Å². The molecule has 1 N–H and O–H groups in total. The molecule has 2 aromatic heterocycles. The van der Waals surface area contributed by atoms with Gasteiger partial charge in [0.2, 0.25) is 11.8 Å². The fourth-order valence-electron chi connectivity index (χ4n) is 2.97. The zero-order chi connectivity index (χ0) is 17.1. The highest BCUT2D eigenvalue weighted by molar-refractivity contribution is 7.07. The van der Waals surface area contributed by atoms with E-state index in [2.05, 4.69) is 22.0 Å². The molecule has 0 aliphatic carbocycles. The normalized spacial score (nSPS) is 16.1. The van der Waals surface area contributed by atoms with Gasteiger partial charge in [0.05, 0.1) is 13.2 Å². The van der Waals surface area contributed by atoms with Gasteiger partial charge in [0, 0.05) is 25.1 Å². The zero-order valence-electron chi connectivity index (χ0n) is 13.8. The van der Waals surface area contributed by atoms with Crippen molar-refractivity contribution in [2.45, 2.75) is 12.5 Å². The van der Waals surface area contributed by atoms with Crippen LogP contribution in [0.15, 0.2) is 51.6 Å². The van der Waals surface area contributed by atoms with E-state index >= 15 is 0 Å². The molecule has 1 fully saturated rings. The number of ether oxygens (including phenoxy) is 1. The summed E-state index contributed by atoms with van der Waals surface area (Å²) in [4.78, 5) is 6.79. The Kier molecular flexibility index (Phi) is 4.83. The smallest absolute Gasteiger partial charge is 0.230 e. The van der Waals surface area contributed by atoms with E-state index in [1.807, 2.05) is 35.0 Å². The summed E-state index contributed by atoms with van der Waals surface area (Å²) in [5, 5.41) is 14.4. The lowest BCUT2D eigenvalue weighted by Gasteiger charge is -2.26. The Labute approximate surface area is 150 Å². The number of aliphatic hydroxyl groups excluding tert-OH is 1. The van der Waals surface area contributed by atoms with Gasteiger partial charge in [0.1, 0.15) is 5.69 Å². The lowest BCUT2D eigenvalue weighted by Crippen LogP contribution is -2.36. The van der Waals surface area contributed by atoms with Crippen LogP contribution in [0.3, 0.4) is 0 Å². The van der Waals surface area contributed by atoms with E-state index in [0.717, 1.165) is 30.2 Å². The van der Waals surface area contributed by atoms with Crippen LogP contribution in [0.1, 0.15) is 28.8 Å². The number of benzene rings is 1. The molecule has 1 saturated heterocycles. The van der Waals surface area contributed by atoms with Gasteiger partial charge in [-0.1, -0.05) is 30.3 Å². The topological polar surface area (TPSA) is 58.7 Å². The number of thiophene rings is 1. The van der Waals surface area contributed by atoms with E-state index in [9.17, 15) is 5.11 Å². The van der Waals surface area contributed by atoms with Crippen LogP contribution < -0.4 is 4.90 Å². The number of oxazole rings is 1. The van der Waals surface area contributed by atoms with Gasteiger partial charge in [-0.25, -0.2) is 4.98 Å². The van der Waals surface area contributed by atoms with Gasteiger partial charge in [-0.3, -0.25) is 0 Å². The van der Waals surface area contributed by atoms with Crippen molar-refractivity contribution in [2.24, 2.45) is 0 Å². The Balaban J connectivity index is 1.67. The second kappa shape index (κ2) is 7.39. The number of hydrogen-bond donors (Lipinski definition) is 1. The van der Waals surface area contributed by atoms with Gasteiger partial charge in [-0.2, -0.15) is 11.3 Å². The molecule has 130 valence electrons. The number of nitrogens with zero attached hydrogens (tertiary/aromatic N) is 2. The fraction of sp³-hybridized carbons (Fsp3) is 0.316. The highest BCUT2D eigenvalue weighted by Gasteiger charge is 2.25. The van der Waals surface area contributed by atoms with E-state index in [0.29, 0.717) is 25.5 Å². The molecule has 6 heteroatoms.